The summed E-state index contributed by atoms with van der Waals surface area (Å²) >= 11 is 0. The van der Waals surface area contributed by atoms with E-state index in [0.29, 0.717) is 11.3 Å². The third-order valence-electron chi connectivity index (χ3n) is 5.46. The maximum atomic E-state index is 13.4. The first-order valence-corrected chi connectivity index (χ1v) is 11.4. The first-order chi connectivity index (χ1) is 14.3. The molecule has 1 N–H and O–H groups in total. The van der Waals surface area contributed by atoms with Gasteiger partial charge in [0.05, 0.1) is 10.6 Å². The molecule has 0 saturated heterocycles. The Morgan fingerprint density at radius 1 is 1.00 bits per heavy atom. The lowest BCUT2D eigenvalue weighted by Gasteiger charge is -2.12. The second kappa shape index (κ2) is 8.03. The summed E-state index contributed by atoms with van der Waals surface area (Å²) in [5.74, 6) is -0.710. The van der Waals surface area contributed by atoms with Gasteiger partial charge in [0, 0.05) is 11.3 Å². The maximum absolute atomic E-state index is 13.4. The molecule has 0 spiro atoms. The molecule has 4 rings (SSSR count). The van der Waals surface area contributed by atoms with Crippen molar-refractivity contribution in [1.29, 1.82) is 0 Å². The normalized spacial score (nSPS) is 13.8. The average Bonchev–Trinajstić information content (AvgIpc) is 3.12. The second-order valence-electron chi connectivity index (χ2n) is 7.77. The Bertz CT molecular complexity index is 1200. The Labute approximate surface area is 175 Å². The molecule has 0 saturated carbocycles. The van der Waals surface area contributed by atoms with Crippen LogP contribution in [0.4, 0.5) is 10.1 Å². The highest BCUT2D eigenvalue weighted by Crippen LogP contribution is 2.29. The van der Waals surface area contributed by atoms with E-state index in [4.69, 9.17) is 0 Å². The monoisotopic (exact) mass is 423 g/mol. The number of halogens is 1. The highest BCUT2D eigenvalue weighted by molar-refractivity contribution is 7.91. The molecule has 0 radical (unpaired) electrons. The first-order valence-electron chi connectivity index (χ1n) is 9.79. The molecule has 1 aliphatic rings. The zero-order valence-corrected chi connectivity index (χ0v) is 17.4. The zero-order chi connectivity index (χ0) is 21.3. The van der Waals surface area contributed by atoms with Crippen LogP contribution in [0.5, 0.6) is 0 Å². The number of carbonyl (C=O) groups is 1. The van der Waals surface area contributed by atoms with Crippen molar-refractivity contribution in [2.24, 2.45) is 5.92 Å². The number of carbonyl (C=O) groups excluding carboxylic acids is 1. The van der Waals surface area contributed by atoms with Crippen molar-refractivity contribution in [3.05, 3.63) is 94.8 Å². The number of amides is 1. The van der Waals surface area contributed by atoms with Gasteiger partial charge in [0.15, 0.2) is 9.84 Å². The van der Waals surface area contributed by atoms with Crippen molar-refractivity contribution in [2.45, 2.75) is 24.7 Å². The molecule has 154 valence electrons. The van der Waals surface area contributed by atoms with Crippen molar-refractivity contribution >= 4 is 21.4 Å². The van der Waals surface area contributed by atoms with E-state index in [2.05, 4.69) is 5.32 Å². The van der Waals surface area contributed by atoms with Crippen LogP contribution in [0.2, 0.25) is 0 Å². The number of hydrogen-bond acceptors (Lipinski definition) is 3. The van der Waals surface area contributed by atoms with Gasteiger partial charge in [0.25, 0.3) is 5.91 Å². The molecule has 0 atom stereocenters. The van der Waals surface area contributed by atoms with E-state index in [1.165, 1.54) is 41.5 Å². The molecule has 0 aromatic heterocycles. The first kappa shape index (κ1) is 20.3. The molecular formula is C24H22FNO3S. The van der Waals surface area contributed by atoms with Gasteiger partial charge in [-0.1, -0.05) is 30.3 Å². The van der Waals surface area contributed by atoms with E-state index < -0.39 is 15.7 Å². The van der Waals surface area contributed by atoms with Crippen molar-refractivity contribution in [3.63, 3.8) is 0 Å². The van der Waals surface area contributed by atoms with Gasteiger partial charge in [-0.3, -0.25) is 4.79 Å². The fourth-order valence-corrected chi connectivity index (χ4v) is 5.57. The van der Waals surface area contributed by atoms with E-state index >= 15 is 0 Å². The minimum atomic E-state index is -3.53. The highest BCUT2D eigenvalue weighted by Gasteiger charge is 2.27. The van der Waals surface area contributed by atoms with Crippen LogP contribution in [0.15, 0.2) is 71.6 Å². The van der Waals surface area contributed by atoms with Crippen LogP contribution in [-0.2, 0) is 22.7 Å². The quantitative estimate of drug-likeness (QED) is 0.654. The third-order valence-corrected chi connectivity index (χ3v) is 7.34. The molecule has 3 aromatic carbocycles. The number of anilines is 1. The third kappa shape index (κ3) is 4.28. The second-order valence-corrected chi connectivity index (χ2v) is 9.80. The van der Waals surface area contributed by atoms with Gasteiger partial charge in [-0.25, -0.2) is 12.8 Å². The van der Waals surface area contributed by atoms with Gasteiger partial charge in [0.2, 0.25) is 0 Å². The summed E-state index contributed by atoms with van der Waals surface area (Å²) in [7, 11) is -3.53. The summed E-state index contributed by atoms with van der Waals surface area (Å²) in [6, 6.07) is 18.4. The van der Waals surface area contributed by atoms with E-state index in [9.17, 15) is 17.6 Å². The summed E-state index contributed by atoms with van der Waals surface area (Å²) in [5, 5.41) is 2.69. The minimum absolute atomic E-state index is 0.0343. The minimum Gasteiger partial charge on any atom is -0.322 e. The van der Waals surface area contributed by atoms with E-state index in [1.807, 2.05) is 24.3 Å². The number of aryl methyl sites for hydroxylation is 1. The standard InChI is InChI=1S/C24H22FNO3S/c1-16-11-21(9-10-23(16)25)26-24(27)20-7-4-8-22(14-20)30(28,29)15-17-12-18-5-2-3-6-19(18)13-17/h2-11,14,17H,12-13,15H2,1H3,(H,26,27). The van der Waals surface area contributed by atoms with Crippen LogP contribution < -0.4 is 5.32 Å². The Morgan fingerprint density at radius 3 is 2.37 bits per heavy atom. The van der Waals surface area contributed by atoms with Gasteiger partial charge >= 0.3 is 0 Å². The van der Waals surface area contributed by atoms with E-state index in [0.717, 1.165) is 12.8 Å². The average molecular weight is 424 g/mol. The van der Waals surface area contributed by atoms with Gasteiger partial charge < -0.3 is 5.32 Å². The number of benzene rings is 3. The van der Waals surface area contributed by atoms with Crippen molar-refractivity contribution < 1.29 is 17.6 Å². The largest absolute Gasteiger partial charge is 0.322 e. The summed E-state index contributed by atoms with van der Waals surface area (Å²) in [5.41, 5.74) is 3.53. The van der Waals surface area contributed by atoms with Crippen LogP contribution >= 0.6 is 0 Å². The molecular weight excluding hydrogens is 401 g/mol. The molecule has 0 bridgehead atoms. The molecule has 0 aliphatic heterocycles. The van der Waals surface area contributed by atoms with Crippen molar-refractivity contribution in [2.75, 3.05) is 11.1 Å². The lowest BCUT2D eigenvalue weighted by atomic mass is 10.1. The molecule has 1 aliphatic carbocycles. The number of fused-ring (bicyclic) bond motifs is 1. The van der Waals surface area contributed by atoms with Crippen LogP contribution in [0.3, 0.4) is 0 Å². The Kier molecular flexibility index (Phi) is 5.43. The lowest BCUT2D eigenvalue weighted by molar-refractivity contribution is 0.102. The Balaban J connectivity index is 1.49. The molecule has 0 unspecified atom stereocenters. The SMILES string of the molecule is Cc1cc(NC(=O)c2cccc(S(=O)(=O)CC3Cc4ccccc4C3)c2)ccc1F. The van der Waals surface area contributed by atoms with Crippen LogP contribution in [0, 0.1) is 18.7 Å². The van der Waals surface area contributed by atoms with Crippen LogP contribution in [0.25, 0.3) is 0 Å². The van der Waals surface area contributed by atoms with Crippen LogP contribution in [-0.4, -0.2) is 20.1 Å². The Hall–Kier alpha value is -2.99. The van der Waals surface area contributed by atoms with Gasteiger partial charge in [0.1, 0.15) is 5.82 Å². The number of rotatable bonds is 5. The Morgan fingerprint density at radius 2 is 1.70 bits per heavy atom. The molecule has 4 nitrogen and oxygen atoms in total. The van der Waals surface area contributed by atoms with Gasteiger partial charge in [-0.2, -0.15) is 0 Å². The topological polar surface area (TPSA) is 63.2 Å². The molecule has 6 heteroatoms. The molecule has 3 aromatic rings. The summed E-state index contributed by atoms with van der Waals surface area (Å²) < 4.78 is 39.4. The zero-order valence-electron chi connectivity index (χ0n) is 16.6. The molecule has 0 heterocycles. The number of hydrogen-bond donors (Lipinski definition) is 1. The number of nitrogens with one attached hydrogen (secondary N) is 1. The molecule has 1 amide bonds. The highest BCUT2D eigenvalue weighted by atomic mass is 32.2. The van der Waals surface area contributed by atoms with E-state index in [-0.39, 0.29) is 27.9 Å². The smallest absolute Gasteiger partial charge is 0.255 e. The van der Waals surface area contributed by atoms with E-state index in [1.54, 1.807) is 19.1 Å². The van der Waals surface area contributed by atoms with Gasteiger partial charge in [-0.15, -0.1) is 0 Å². The summed E-state index contributed by atoms with van der Waals surface area (Å²) in [6.45, 7) is 1.61. The summed E-state index contributed by atoms with van der Waals surface area (Å²) in [6.07, 6.45) is 1.50. The van der Waals surface area contributed by atoms with Crippen molar-refractivity contribution in [3.8, 4) is 0 Å². The molecule has 0 fully saturated rings. The fourth-order valence-electron chi connectivity index (χ4n) is 3.93. The fraction of sp³-hybridized carbons (Fsp3) is 0.208. The predicted molar refractivity (Wildman–Crippen MR) is 115 cm³/mol. The van der Waals surface area contributed by atoms with Gasteiger partial charge in [-0.05, 0) is 78.8 Å². The number of sulfone groups is 1. The predicted octanol–water partition coefficient (Wildman–Crippen LogP) is 4.58. The van der Waals surface area contributed by atoms with Crippen LogP contribution in [0.1, 0.15) is 27.0 Å². The van der Waals surface area contributed by atoms with Crippen molar-refractivity contribution in [1.82, 2.24) is 0 Å². The lowest BCUT2D eigenvalue weighted by Crippen LogP contribution is -2.18. The molecule has 30 heavy (non-hydrogen) atoms. The maximum Gasteiger partial charge on any atom is 0.255 e. The summed E-state index contributed by atoms with van der Waals surface area (Å²) in [4.78, 5) is 12.7.